The molecule has 1 unspecified atom stereocenters. The van der Waals surface area contributed by atoms with Crippen molar-refractivity contribution < 1.29 is 5.11 Å². The predicted octanol–water partition coefficient (Wildman–Crippen LogP) is 4.76. The smallest absolute Gasteiger partial charge is 0.0961 e. The average molecular weight is 315 g/mol. The van der Waals surface area contributed by atoms with Gasteiger partial charge in [-0.05, 0) is 25.5 Å². The quantitative estimate of drug-likeness (QED) is 0.752. The van der Waals surface area contributed by atoms with Crippen molar-refractivity contribution in [2.75, 3.05) is 0 Å². The summed E-state index contributed by atoms with van der Waals surface area (Å²) < 4.78 is 0. The Morgan fingerprint density at radius 3 is 2.62 bits per heavy atom. The van der Waals surface area contributed by atoms with Gasteiger partial charge in [-0.15, -0.1) is 22.7 Å². The molecule has 1 aromatic carbocycles. The van der Waals surface area contributed by atoms with Gasteiger partial charge in [0.05, 0.1) is 16.8 Å². The average Bonchev–Trinajstić information content (AvgIpc) is 3.06. The fraction of sp³-hybridized carbons (Fsp3) is 0.235. The molecule has 3 rings (SSSR count). The van der Waals surface area contributed by atoms with Crippen LogP contribution in [0.1, 0.15) is 26.4 Å². The first-order chi connectivity index (χ1) is 10.1. The predicted molar refractivity (Wildman–Crippen MR) is 90.0 cm³/mol. The number of benzene rings is 1. The summed E-state index contributed by atoms with van der Waals surface area (Å²) in [5.41, 5.74) is 3.15. The maximum atomic E-state index is 10.4. The van der Waals surface area contributed by atoms with Crippen molar-refractivity contribution >= 4 is 22.7 Å². The number of aliphatic hydroxyl groups is 1. The fourth-order valence-corrected chi connectivity index (χ4v) is 4.23. The van der Waals surface area contributed by atoms with Crippen LogP contribution in [0, 0.1) is 13.8 Å². The topological polar surface area (TPSA) is 33.1 Å². The number of rotatable bonds is 4. The first-order valence-electron chi connectivity index (χ1n) is 6.88. The summed E-state index contributed by atoms with van der Waals surface area (Å²) in [4.78, 5) is 7.08. The Kier molecular flexibility index (Phi) is 4.19. The molecule has 0 aliphatic rings. The zero-order valence-electron chi connectivity index (χ0n) is 12.0. The normalized spacial score (nSPS) is 12.5. The molecular weight excluding hydrogens is 298 g/mol. The van der Waals surface area contributed by atoms with Crippen LogP contribution >= 0.6 is 22.7 Å². The van der Waals surface area contributed by atoms with E-state index in [1.807, 2.05) is 18.2 Å². The molecule has 21 heavy (non-hydrogen) atoms. The number of aryl methyl sites for hydroxylation is 2. The minimum absolute atomic E-state index is 0.468. The summed E-state index contributed by atoms with van der Waals surface area (Å²) >= 11 is 3.35. The molecule has 1 N–H and O–H groups in total. The number of hydrogen-bond acceptors (Lipinski definition) is 4. The molecule has 0 saturated carbocycles. The lowest BCUT2D eigenvalue weighted by Gasteiger charge is -2.08. The summed E-state index contributed by atoms with van der Waals surface area (Å²) in [5.74, 6) is 0. The van der Waals surface area contributed by atoms with Crippen molar-refractivity contribution in [1.82, 2.24) is 4.98 Å². The molecule has 2 aromatic heterocycles. The largest absolute Gasteiger partial charge is 0.388 e. The van der Waals surface area contributed by atoms with E-state index in [0.717, 1.165) is 21.8 Å². The van der Waals surface area contributed by atoms with Gasteiger partial charge in [0.25, 0.3) is 0 Å². The van der Waals surface area contributed by atoms with Crippen molar-refractivity contribution in [3.63, 3.8) is 0 Å². The summed E-state index contributed by atoms with van der Waals surface area (Å²) in [7, 11) is 0. The molecule has 0 saturated heterocycles. The molecule has 0 amide bonds. The van der Waals surface area contributed by atoms with Crippen molar-refractivity contribution in [2.45, 2.75) is 26.4 Å². The molecule has 0 fully saturated rings. The van der Waals surface area contributed by atoms with E-state index in [0.29, 0.717) is 6.42 Å². The molecule has 0 spiro atoms. The lowest BCUT2D eigenvalue weighted by molar-refractivity contribution is 0.178. The van der Waals surface area contributed by atoms with Crippen LogP contribution in [-0.2, 0) is 6.42 Å². The molecule has 0 radical (unpaired) electrons. The number of aromatic nitrogens is 1. The van der Waals surface area contributed by atoms with Crippen LogP contribution in [0.3, 0.4) is 0 Å². The number of aliphatic hydroxyl groups excluding tert-OH is 1. The van der Waals surface area contributed by atoms with Gasteiger partial charge in [-0.2, -0.15) is 0 Å². The first-order valence-corrected chi connectivity index (χ1v) is 8.58. The first kappa shape index (κ1) is 14.4. The third kappa shape index (κ3) is 3.23. The molecule has 4 heteroatoms. The molecule has 0 aliphatic heterocycles. The van der Waals surface area contributed by atoms with Crippen molar-refractivity contribution in [1.29, 1.82) is 0 Å². The second-order valence-corrected chi connectivity index (χ2v) is 7.48. The SMILES string of the molecule is Cc1cc(C(O)Cc2nc(-c3ccccc3)cs2)c(C)s1. The van der Waals surface area contributed by atoms with Crippen molar-refractivity contribution in [2.24, 2.45) is 0 Å². The number of thiophene rings is 1. The van der Waals surface area contributed by atoms with Gasteiger partial charge in [-0.3, -0.25) is 0 Å². The standard InChI is InChI=1S/C17H17NOS2/c1-11-8-14(12(2)21-11)16(19)9-17-18-15(10-20-17)13-6-4-3-5-7-13/h3-8,10,16,19H,9H2,1-2H3. The summed E-state index contributed by atoms with van der Waals surface area (Å²) in [5, 5.41) is 13.5. The highest BCUT2D eigenvalue weighted by Gasteiger charge is 2.16. The Hall–Kier alpha value is -1.49. The van der Waals surface area contributed by atoms with E-state index in [-0.39, 0.29) is 0 Å². The molecule has 2 nitrogen and oxygen atoms in total. The summed E-state index contributed by atoms with van der Waals surface area (Å²) in [6.07, 6.45) is 0.110. The van der Waals surface area contributed by atoms with Crippen LogP contribution < -0.4 is 0 Å². The van der Waals surface area contributed by atoms with Crippen LogP contribution in [0.5, 0.6) is 0 Å². The zero-order valence-corrected chi connectivity index (χ0v) is 13.7. The highest BCUT2D eigenvalue weighted by Crippen LogP contribution is 2.30. The van der Waals surface area contributed by atoms with Gasteiger partial charge >= 0.3 is 0 Å². The van der Waals surface area contributed by atoms with Crippen LogP contribution in [0.4, 0.5) is 0 Å². The highest BCUT2D eigenvalue weighted by atomic mass is 32.1. The minimum atomic E-state index is -0.468. The fourth-order valence-electron chi connectivity index (χ4n) is 2.40. The van der Waals surface area contributed by atoms with E-state index in [1.54, 1.807) is 22.7 Å². The van der Waals surface area contributed by atoms with Gasteiger partial charge in [0.2, 0.25) is 0 Å². The Labute approximate surface area is 132 Å². The van der Waals surface area contributed by atoms with Crippen LogP contribution in [0.25, 0.3) is 11.3 Å². The molecule has 108 valence electrons. The van der Waals surface area contributed by atoms with E-state index >= 15 is 0 Å². The van der Waals surface area contributed by atoms with E-state index in [9.17, 15) is 5.11 Å². The van der Waals surface area contributed by atoms with Gasteiger partial charge < -0.3 is 5.11 Å². The van der Waals surface area contributed by atoms with Crippen molar-refractivity contribution in [3.05, 3.63) is 62.1 Å². The van der Waals surface area contributed by atoms with Crippen molar-refractivity contribution in [3.8, 4) is 11.3 Å². The van der Waals surface area contributed by atoms with Gasteiger partial charge in [0.1, 0.15) is 0 Å². The van der Waals surface area contributed by atoms with E-state index in [2.05, 4.69) is 42.4 Å². The van der Waals surface area contributed by atoms with Gasteiger partial charge in [0.15, 0.2) is 0 Å². The molecule has 1 atom stereocenters. The molecule has 0 aliphatic carbocycles. The van der Waals surface area contributed by atoms with E-state index < -0.39 is 6.10 Å². The summed E-state index contributed by atoms with van der Waals surface area (Å²) in [6.45, 7) is 4.14. The maximum Gasteiger partial charge on any atom is 0.0961 e. The van der Waals surface area contributed by atoms with Gasteiger partial charge in [0, 0.05) is 27.1 Å². The van der Waals surface area contributed by atoms with Gasteiger partial charge in [-0.25, -0.2) is 4.98 Å². The lowest BCUT2D eigenvalue weighted by Crippen LogP contribution is -2.01. The molecule has 2 heterocycles. The molecule has 3 aromatic rings. The van der Waals surface area contributed by atoms with E-state index in [4.69, 9.17) is 0 Å². The third-order valence-corrected chi connectivity index (χ3v) is 5.28. The lowest BCUT2D eigenvalue weighted by atomic mass is 10.1. The highest BCUT2D eigenvalue weighted by molar-refractivity contribution is 7.12. The zero-order chi connectivity index (χ0) is 14.8. The summed E-state index contributed by atoms with van der Waals surface area (Å²) in [6, 6.07) is 12.2. The monoisotopic (exact) mass is 315 g/mol. The second kappa shape index (κ2) is 6.10. The van der Waals surface area contributed by atoms with Gasteiger partial charge in [-0.1, -0.05) is 30.3 Å². The number of nitrogens with zero attached hydrogens (tertiary/aromatic N) is 1. The van der Waals surface area contributed by atoms with E-state index in [1.165, 1.54) is 9.75 Å². The Bertz CT molecular complexity index is 730. The number of hydrogen-bond donors (Lipinski definition) is 1. The Morgan fingerprint density at radius 1 is 1.19 bits per heavy atom. The molecule has 0 bridgehead atoms. The second-order valence-electron chi connectivity index (χ2n) is 5.08. The minimum Gasteiger partial charge on any atom is -0.388 e. The van der Waals surface area contributed by atoms with Crippen LogP contribution in [-0.4, -0.2) is 10.1 Å². The number of thiazole rings is 1. The van der Waals surface area contributed by atoms with Crippen LogP contribution in [0.2, 0.25) is 0 Å². The Morgan fingerprint density at radius 2 is 1.95 bits per heavy atom. The Balaban J connectivity index is 1.77. The third-order valence-electron chi connectivity index (χ3n) is 3.43. The van der Waals surface area contributed by atoms with Crippen LogP contribution in [0.15, 0.2) is 41.8 Å². The maximum absolute atomic E-state index is 10.4. The molecular formula is C17H17NOS2.